The van der Waals surface area contributed by atoms with Crippen molar-refractivity contribution >= 4 is 23.5 Å². The van der Waals surface area contributed by atoms with Gasteiger partial charge >= 0.3 is 57.6 Å². The Balaban J connectivity index is 0.00000400. The van der Waals surface area contributed by atoms with E-state index in [-0.39, 0.29) is 51.4 Å². The van der Waals surface area contributed by atoms with E-state index in [9.17, 15) is 22.8 Å². The van der Waals surface area contributed by atoms with E-state index in [0.29, 0.717) is 12.3 Å². The van der Waals surface area contributed by atoms with Crippen LogP contribution in [0.4, 0.5) is 13.2 Å². The molecule has 0 aliphatic heterocycles. The summed E-state index contributed by atoms with van der Waals surface area (Å²) in [6.07, 6.45) is -4.20. The number of hydrogen-bond acceptors (Lipinski definition) is 5. The summed E-state index contributed by atoms with van der Waals surface area (Å²) in [7, 11) is 1.98. The number of aromatic nitrogens is 1. The Morgan fingerprint density at radius 3 is 2.05 bits per heavy atom. The molecule has 1 aromatic rings. The van der Waals surface area contributed by atoms with Gasteiger partial charge in [0.1, 0.15) is 0 Å². The maximum Gasteiger partial charge on any atom is 1.00 e. The number of halogens is 4. The number of nitrogens with zero attached hydrogens (tertiary/aromatic N) is 1. The van der Waals surface area contributed by atoms with Crippen LogP contribution in [0.5, 0.6) is 0 Å². The second-order valence-corrected chi connectivity index (χ2v) is 3.82. The number of ether oxygens (including phenoxy) is 2. The first-order valence-corrected chi connectivity index (χ1v) is 5.36. The summed E-state index contributed by atoms with van der Waals surface area (Å²) in [6.45, 7) is 0. The van der Waals surface area contributed by atoms with Crippen LogP contribution in [-0.2, 0) is 25.2 Å². The summed E-state index contributed by atoms with van der Waals surface area (Å²) in [4.78, 5) is 26.3. The number of carbonyl (C=O) groups is 2. The van der Waals surface area contributed by atoms with E-state index in [1.807, 2.05) is 0 Å². The Hall–Kier alpha value is -0.324. The molecule has 0 N–H and O–H groups in total. The molecule has 0 bridgehead atoms. The molecule has 1 rings (SSSR count). The smallest absolute Gasteiger partial charge is 0.479 e. The molecule has 0 aliphatic carbocycles. The number of alkyl halides is 3. The molecular weight excluding hydrogens is 342 g/mol. The van der Waals surface area contributed by atoms with E-state index < -0.39 is 40.3 Å². The van der Waals surface area contributed by atoms with Crippen molar-refractivity contribution in [1.82, 2.24) is 4.98 Å². The van der Waals surface area contributed by atoms with Crippen molar-refractivity contribution < 1.29 is 83.6 Å². The molecule has 10 heteroatoms. The van der Waals surface area contributed by atoms with E-state index in [1.54, 1.807) is 0 Å². The summed E-state index contributed by atoms with van der Waals surface area (Å²) in [6, 6.07) is 0.551. The van der Waals surface area contributed by atoms with Gasteiger partial charge in [-0.25, -0.2) is 11.6 Å². The largest absolute Gasteiger partial charge is 1.00 e. The van der Waals surface area contributed by atoms with E-state index >= 15 is 0 Å². The molecule has 0 radical (unpaired) electrons. The van der Waals surface area contributed by atoms with Crippen molar-refractivity contribution in [1.29, 1.82) is 0 Å². The first-order chi connectivity index (χ1) is 9.22. The third-order valence-corrected chi connectivity index (χ3v) is 2.47. The maximum absolute atomic E-state index is 12.5. The minimum Gasteiger partial charge on any atom is -0.479 e. The van der Waals surface area contributed by atoms with Crippen molar-refractivity contribution in [2.24, 2.45) is 0 Å². The Morgan fingerprint density at radius 1 is 1.24 bits per heavy atom. The molecule has 0 atom stereocenters. The van der Waals surface area contributed by atoms with Crippen molar-refractivity contribution in [2.45, 2.75) is 6.18 Å². The zero-order chi connectivity index (χ0) is 15.5. The molecule has 1 heterocycles. The van der Waals surface area contributed by atoms with Gasteiger partial charge in [0.2, 0.25) is 0 Å². The molecule has 0 saturated heterocycles. The van der Waals surface area contributed by atoms with Gasteiger partial charge in [-0.15, -0.1) is 6.07 Å². The quantitative estimate of drug-likeness (QED) is 0.304. The molecule has 0 saturated carbocycles. The zero-order valence-electron chi connectivity index (χ0n) is 11.2. The number of methoxy groups -OCH3 is 2. The van der Waals surface area contributed by atoms with Crippen LogP contribution in [0.3, 0.4) is 0 Å². The van der Waals surface area contributed by atoms with Crippen LogP contribution in [-0.4, -0.2) is 31.1 Å². The molecule has 0 aromatic carbocycles. The topological polar surface area (TPSA) is 65.5 Å². The van der Waals surface area contributed by atoms with Gasteiger partial charge in [-0.2, -0.15) is 13.2 Å². The first-order valence-electron chi connectivity index (χ1n) is 4.99. The average molecular weight is 350 g/mol. The van der Waals surface area contributed by atoms with Crippen LogP contribution in [0, 0.1) is 5.92 Å². The van der Waals surface area contributed by atoms with Crippen LogP contribution >= 0.6 is 11.6 Å². The number of rotatable bonds is 3. The van der Waals surface area contributed by atoms with Gasteiger partial charge in [0, 0.05) is 12.1 Å². The molecule has 0 amide bonds. The maximum atomic E-state index is 12.5. The standard InChI is InChI=1S/C11H8ClF3NO4.K/c1-19-9(17)7(10(18)20-2)8-6(12)3-5(4-16-8)11(13,14)15;/h3-4H,1-2H3;/q-1;+1. The van der Waals surface area contributed by atoms with E-state index in [4.69, 9.17) is 11.6 Å². The summed E-state index contributed by atoms with van der Waals surface area (Å²) >= 11 is 5.63. The summed E-state index contributed by atoms with van der Waals surface area (Å²) in [5.41, 5.74) is -1.56. The molecule has 5 nitrogen and oxygen atoms in total. The van der Waals surface area contributed by atoms with Crippen LogP contribution in [0.25, 0.3) is 0 Å². The van der Waals surface area contributed by atoms with Crippen molar-refractivity contribution in [3.63, 3.8) is 0 Å². The molecule has 0 unspecified atom stereocenters. The fourth-order valence-corrected chi connectivity index (χ4v) is 1.52. The van der Waals surface area contributed by atoms with E-state index in [0.717, 1.165) is 14.2 Å². The molecule has 0 aliphatic rings. The molecule has 110 valence electrons. The number of hydrogen-bond donors (Lipinski definition) is 0. The van der Waals surface area contributed by atoms with Gasteiger partial charge in [-0.3, -0.25) is 14.6 Å². The summed E-state index contributed by atoms with van der Waals surface area (Å²) < 4.78 is 46.1. The third-order valence-electron chi connectivity index (χ3n) is 2.18. The molecule has 0 fully saturated rings. The average Bonchev–Trinajstić information content (AvgIpc) is 2.38. The second kappa shape index (κ2) is 8.35. The monoisotopic (exact) mass is 349 g/mol. The molecule has 0 spiro atoms. The Bertz CT molecular complexity index is 523. The normalized spacial score (nSPS) is 10.4. The first kappa shape index (κ1) is 20.7. The van der Waals surface area contributed by atoms with Crippen LogP contribution in [0.15, 0.2) is 12.3 Å². The van der Waals surface area contributed by atoms with Crippen LogP contribution < -0.4 is 51.4 Å². The Labute approximate surface area is 165 Å². The van der Waals surface area contributed by atoms with Crippen LogP contribution in [0.1, 0.15) is 11.3 Å². The fourth-order valence-electron chi connectivity index (χ4n) is 1.26. The molecular formula is C11H8ClF3KNO4. The minimum absolute atomic E-state index is 0. The van der Waals surface area contributed by atoms with Crippen molar-refractivity contribution in [3.8, 4) is 0 Å². The Kier molecular flexibility index (Phi) is 8.22. The van der Waals surface area contributed by atoms with E-state index in [2.05, 4.69) is 14.5 Å². The van der Waals surface area contributed by atoms with Gasteiger partial charge in [-0.05, 0) is 0 Å². The van der Waals surface area contributed by atoms with Gasteiger partial charge in [-0.1, -0.05) is 10.7 Å². The van der Waals surface area contributed by atoms with Crippen molar-refractivity contribution in [2.75, 3.05) is 14.2 Å². The van der Waals surface area contributed by atoms with Crippen LogP contribution in [0.2, 0.25) is 5.02 Å². The third kappa shape index (κ3) is 5.11. The number of pyridine rings is 1. The van der Waals surface area contributed by atoms with Gasteiger partial charge < -0.3 is 9.47 Å². The molecule has 1 aromatic heterocycles. The predicted octanol–water partition coefficient (Wildman–Crippen LogP) is -0.974. The van der Waals surface area contributed by atoms with Crippen molar-refractivity contribution in [3.05, 3.63) is 34.5 Å². The fraction of sp³-hybridized carbons (Fsp3) is 0.273. The SMILES string of the molecule is COC(=O)[C-](C(=O)OC)c1ncc(C(F)(F)F)cc1Cl.[K+]. The number of carbonyl (C=O) groups excluding carboxylic acids is 2. The summed E-state index contributed by atoms with van der Waals surface area (Å²) in [5, 5.41) is -0.523. The minimum atomic E-state index is -4.65. The van der Waals surface area contributed by atoms with Gasteiger partial charge in [0.15, 0.2) is 0 Å². The van der Waals surface area contributed by atoms with Gasteiger partial charge in [0.05, 0.1) is 19.8 Å². The second-order valence-electron chi connectivity index (χ2n) is 3.41. The Morgan fingerprint density at radius 2 is 1.71 bits per heavy atom. The zero-order valence-corrected chi connectivity index (χ0v) is 15.1. The predicted molar refractivity (Wildman–Crippen MR) is 60.6 cm³/mol. The number of esters is 2. The van der Waals surface area contributed by atoms with E-state index in [1.165, 1.54) is 0 Å². The molecule has 21 heavy (non-hydrogen) atoms. The summed E-state index contributed by atoms with van der Waals surface area (Å²) in [5.74, 6) is -2.93. The van der Waals surface area contributed by atoms with Gasteiger partial charge in [0.25, 0.3) is 11.9 Å².